The number of benzene rings is 1. The largest absolute Gasteiger partial charge is 0.492 e. The molecule has 0 bridgehead atoms. The molecule has 2 rings (SSSR count). The molecule has 150 valence electrons. The van der Waals surface area contributed by atoms with Crippen LogP contribution in [-0.2, 0) is 0 Å². The van der Waals surface area contributed by atoms with Crippen molar-refractivity contribution in [2.75, 3.05) is 19.8 Å². The van der Waals surface area contributed by atoms with Gasteiger partial charge in [0.05, 0.1) is 13.2 Å². The van der Waals surface area contributed by atoms with Crippen LogP contribution in [0, 0.1) is 5.92 Å². The summed E-state index contributed by atoms with van der Waals surface area (Å²) >= 11 is 0.858. The lowest BCUT2D eigenvalue weighted by atomic mass is 10.2. The predicted octanol–water partition coefficient (Wildman–Crippen LogP) is 3.12. The molecule has 1 heterocycles. The summed E-state index contributed by atoms with van der Waals surface area (Å²) in [5.74, 6) is 1.09. The van der Waals surface area contributed by atoms with E-state index in [-0.39, 0.29) is 18.2 Å². The van der Waals surface area contributed by atoms with Gasteiger partial charge < -0.3 is 14.8 Å². The number of hydrogen-bond donors (Lipinski definition) is 3. The van der Waals surface area contributed by atoms with E-state index in [0.717, 1.165) is 11.8 Å². The standard InChI is InChI=1S/C19H23N3O5S/c1-13(2)12-27-17-5-3-4-16(21-17)18(23)20-10-11-26-14-6-8-15(9-7-14)28-19(24)22-25/h3-9,13,25H,10-12H2,1-2H3,(H,20,23)(H,22,24). The molecule has 0 saturated carbocycles. The first kappa shape index (κ1) is 21.5. The SMILES string of the molecule is CC(C)COc1cccc(C(=O)NCCOc2ccc(SC(=O)NO)cc2)n1. The molecule has 0 aliphatic heterocycles. The molecule has 1 aromatic heterocycles. The van der Waals surface area contributed by atoms with Crippen molar-refractivity contribution in [2.45, 2.75) is 18.7 Å². The van der Waals surface area contributed by atoms with Gasteiger partial charge in [-0.1, -0.05) is 19.9 Å². The van der Waals surface area contributed by atoms with Gasteiger partial charge in [-0.05, 0) is 48.0 Å². The highest BCUT2D eigenvalue weighted by Crippen LogP contribution is 2.21. The third-order valence-corrected chi connectivity index (χ3v) is 4.09. The Balaban J connectivity index is 1.75. The van der Waals surface area contributed by atoms with Crippen molar-refractivity contribution in [3.05, 3.63) is 48.2 Å². The van der Waals surface area contributed by atoms with Crippen molar-refractivity contribution in [3.8, 4) is 11.6 Å². The Hall–Kier alpha value is -2.78. The fraction of sp³-hybridized carbons (Fsp3) is 0.316. The molecule has 0 radical (unpaired) electrons. The fourth-order valence-electron chi connectivity index (χ4n) is 2.03. The molecule has 3 N–H and O–H groups in total. The van der Waals surface area contributed by atoms with Crippen molar-refractivity contribution in [3.63, 3.8) is 0 Å². The molecule has 0 unspecified atom stereocenters. The second-order valence-electron chi connectivity index (χ2n) is 6.14. The zero-order chi connectivity index (χ0) is 20.4. The summed E-state index contributed by atoms with van der Waals surface area (Å²) in [6, 6.07) is 11.9. The highest BCUT2D eigenvalue weighted by Gasteiger charge is 2.09. The quantitative estimate of drug-likeness (QED) is 0.254. The van der Waals surface area contributed by atoms with E-state index in [1.54, 1.807) is 47.9 Å². The molecular weight excluding hydrogens is 382 g/mol. The van der Waals surface area contributed by atoms with Crippen LogP contribution >= 0.6 is 11.8 Å². The third-order valence-electron chi connectivity index (χ3n) is 3.30. The zero-order valence-corrected chi connectivity index (χ0v) is 16.5. The minimum atomic E-state index is -0.566. The summed E-state index contributed by atoms with van der Waals surface area (Å²) in [6.45, 7) is 5.19. The highest BCUT2D eigenvalue weighted by molar-refractivity contribution is 8.13. The molecule has 9 heteroatoms. The number of amides is 2. The summed E-state index contributed by atoms with van der Waals surface area (Å²) in [4.78, 5) is 28.1. The zero-order valence-electron chi connectivity index (χ0n) is 15.7. The minimum Gasteiger partial charge on any atom is -0.492 e. The predicted molar refractivity (Wildman–Crippen MR) is 105 cm³/mol. The molecule has 0 spiro atoms. The van der Waals surface area contributed by atoms with E-state index in [2.05, 4.69) is 10.3 Å². The van der Waals surface area contributed by atoms with Crippen molar-refractivity contribution in [1.29, 1.82) is 0 Å². The first-order valence-electron chi connectivity index (χ1n) is 8.70. The maximum absolute atomic E-state index is 12.2. The lowest BCUT2D eigenvalue weighted by molar-refractivity contribution is 0.0940. The second kappa shape index (κ2) is 11.2. The lowest BCUT2D eigenvalue weighted by Crippen LogP contribution is -2.28. The van der Waals surface area contributed by atoms with Crippen molar-refractivity contribution >= 4 is 22.9 Å². The number of nitrogens with zero attached hydrogens (tertiary/aromatic N) is 1. The molecule has 0 fully saturated rings. The van der Waals surface area contributed by atoms with Gasteiger partial charge in [-0.15, -0.1) is 0 Å². The summed E-state index contributed by atoms with van der Waals surface area (Å²) in [5.41, 5.74) is 1.83. The van der Waals surface area contributed by atoms with Gasteiger partial charge in [0.25, 0.3) is 5.91 Å². The molecule has 28 heavy (non-hydrogen) atoms. The Morgan fingerprint density at radius 2 is 1.89 bits per heavy atom. The molecule has 0 aliphatic carbocycles. The summed E-state index contributed by atoms with van der Waals surface area (Å²) in [7, 11) is 0. The van der Waals surface area contributed by atoms with Gasteiger partial charge in [-0.3, -0.25) is 14.8 Å². The molecule has 8 nitrogen and oxygen atoms in total. The number of hydroxylamine groups is 1. The first-order chi connectivity index (χ1) is 13.5. The van der Waals surface area contributed by atoms with Crippen molar-refractivity contribution in [2.24, 2.45) is 5.92 Å². The smallest absolute Gasteiger partial charge is 0.307 e. The van der Waals surface area contributed by atoms with Crippen LogP contribution in [0.1, 0.15) is 24.3 Å². The van der Waals surface area contributed by atoms with Gasteiger partial charge in [0, 0.05) is 11.0 Å². The van der Waals surface area contributed by atoms with E-state index in [1.807, 2.05) is 13.8 Å². The maximum Gasteiger partial charge on any atom is 0.307 e. The summed E-state index contributed by atoms with van der Waals surface area (Å²) < 4.78 is 11.1. The third kappa shape index (κ3) is 7.45. The molecular formula is C19H23N3O5S. The number of rotatable bonds is 9. The number of ether oxygens (including phenoxy) is 2. The molecule has 0 saturated heterocycles. The Morgan fingerprint density at radius 1 is 1.14 bits per heavy atom. The van der Waals surface area contributed by atoms with Crippen LogP contribution in [0.4, 0.5) is 4.79 Å². The van der Waals surface area contributed by atoms with E-state index in [0.29, 0.717) is 35.6 Å². The number of carbonyl (C=O) groups excluding carboxylic acids is 2. The van der Waals surface area contributed by atoms with Gasteiger partial charge >= 0.3 is 5.24 Å². The van der Waals surface area contributed by atoms with E-state index < -0.39 is 5.24 Å². The number of hydrogen-bond acceptors (Lipinski definition) is 7. The van der Waals surface area contributed by atoms with E-state index in [1.165, 1.54) is 0 Å². The van der Waals surface area contributed by atoms with E-state index in [4.69, 9.17) is 14.7 Å². The molecule has 0 atom stereocenters. The van der Waals surface area contributed by atoms with Crippen LogP contribution < -0.4 is 20.3 Å². The topological polar surface area (TPSA) is 110 Å². The minimum absolute atomic E-state index is 0.277. The van der Waals surface area contributed by atoms with Crippen LogP contribution in [0.25, 0.3) is 0 Å². The van der Waals surface area contributed by atoms with Crippen LogP contribution in [0.3, 0.4) is 0 Å². The fourth-order valence-corrected chi connectivity index (χ4v) is 2.56. The van der Waals surface area contributed by atoms with Crippen molar-refractivity contribution in [1.82, 2.24) is 15.8 Å². The summed E-state index contributed by atoms with van der Waals surface area (Å²) in [6.07, 6.45) is 0. The average molecular weight is 405 g/mol. The van der Waals surface area contributed by atoms with E-state index >= 15 is 0 Å². The van der Waals surface area contributed by atoms with Gasteiger partial charge in [0.1, 0.15) is 18.1 Å². The van der Waals surface area contributed by atoms with Gasteiger partial charge in [0.15, 0.2) is 0 Å². The van der Waals surface area contributed by atoms with Crippen LogP contribution in [0.5, 0.6) is 11.6 Å². The Morgan fingerprint density at radius 3 is 2.57 bits per heavy atom. The number of thioether (sulfide) groups is 1. The molecule has 0 aliphatic rings. The molecule has 2 amide bonds. The van der Waals surface area contributed by atoms with Crippen LogP contribution in [0.2, 0.25) is 0 Å². The van der Waals surface area contributed by atoms with E-state index in [9.17, 15) is 9.59 Å². The summed E-state index contributed by atoms with van der Waals surface area (Å²) in [5, 5.41) is 10.7. The number of aromatic nitrogens is 1. The average Bonchev–Trinajstić information content (AvgIpc) is 2.70. The Labute approximate surface area is 167 Å². The van der Waals surface area contributed by atoms with Crippen molar-refractivity contribution < 1.29 is 24.3 Å². The Kier molecular flexibility index (Phi) is 8.57. The number of carbonyl (C=O) groups is 2. The Bertz CT molecular complexity index is 783. The monoisotopic (exact) mass is 405 g/mol. The maximum atomic E-state index is 12.2. The first-order valence-corrected chi connectivity index (χ1v) is 9.52. The van der Waals surface area contributed by atoms with Gasteiger partial charge in [-0.2, -0.15) is 0 Å². The normalized spacial score (nSPS) is 10.4. The number of pyridine rings is 1. The highest BCUT2D eigenvalue weighted by atomic mass is 32.2. The van der Waals surface area contributed by atoms with Crippen LogP contribution in [-0.4, -0.2) is 41.1 Å². The van der Waals surface area contributed by atoms with Crippen LogP contribution in [0.15, 0.2) is 47.4 Å². The molecule has 1 aromatic carbocycles. The molecule has 2 aromatic rings. The number of nitrogens with one attached hydrogen (secondary N) is 2. The van der Waals surface area contributed by atoms with Gasteiger partial charge in [-0.25, -0.2) is 10.5 Å². The van der Waals surface area contributed by atoms with Gasteiger partial charge in [0.2, 0.25) is 5.88 Å². The lowest BCUT2D eigenvalue weighted by Gasteiger charge is -2.10. The second-order valence-corrected chi connectivity index (χ2v) is 7.19.